The maximum Gasteiger partial charge on any atom is 0.132 e. The normalized spacial score (nSPS) is 18.2. The van der Waals surface area contributed by atoms with E-state index >= 15 is 0 Å². The van der Waals surface area contributed by atoms with E-state index in [4.69, 9.17) is 0 Å². The summed E-state index contributed by atoms with van der Waals surface area (Å²) in [7, 11) is 2.22. The van der Waals surface area contributed by atoms with Gasteiger partial charge in [0.15, 0.2) is 0 Å². The Morgan fingerprint density at radius 2 is 1.78 bits per heavy atom. The molecule has 0 unspecified atom stereocenters. The van der Waals surface area contributed by atoms with Crippen molar-refractivity contribution in [3.63, 3.8) is 0 Å². The van der Waals surface area contributed by atoms with E-state index in [1.807, 2.05) is 6.20 Å². The molecule has 1 aromatic rings. The van der Waals surface area contributed by atoms with Gasteiger partial charge in [-0.15, -0.1) is 0 Å². The van der Waals surface area contributed by atoms with Gasteiger partial charge >= 0.3 is 0 Å². The van der Waals surface area contributed by atoms with Crippen LogP contribution in [-0.2, 0) is 0 Å². The van der Waals surface area contributed by atoms with Crippen molar-refractivity contribution in [3.05, 3.63) is 21.4 Å². The van der Waals surface area contributed by atoms with Crippen LogP contribution >= 0.6 is 22.6 Å². The van der Waals surface area contributed by atoms with Gasteiger partial charge in [-0.2, -0.15) is 0 Å². The fourth-order valence-electron chi connectivity index (χ4n) is 2.85. The van der Waals surface area contributed by atoms with Crippen molar-refractivity contribution < 1.29 is 0 Å². The second-order valence-corrected chi connectivity index (χ2v) is 6.51. The van der Waals surface area contributed by atoms with Crippen LogP contribution in [-0.4, -0.2) is 18.1 Å². The van der Waals surface area contributed by atoms with Crippen LogP contribution in [0.25, 0.3) is 0 Å². The quantitative estimate of drug-likeness (QED) is 0.722. The zero-order valence-electron chi connectivity index (χ0n) is 11.5. The van der Waals surface area contributed by atoms with Gasteiger partial charge < -0.3 is 4.90 Å². The molecule has 1 aliphatic rings. The number of pyridine rings is 1. The Kier molecular flexibility index (Phi) is 5.27. The average Bonchev–Trinajstić information content (AvgIpc) is 2.31. The summed E-state index contributed by atoms with van der Waals surface area (Å²) in [5.74, 6) is 1.17. The van der Waals surface area contributed by atoms with Crippen molar-refractivity contribution in [2.45, 2.75) is 57.9 Å². The minimum absolute atomic E-state index is 0.676. The van der Waals surface area contributed by atoms with E-state index in [9.17, 15) is 0 Å². The smallest absolute Gasteiger partial charge is 0.132 e. The number of anilines is 1. The fraction of sp³-hybridized carbons (Fsp3) is 0.667. The molecule has 1 saturated carbocycles. The van der Waals surface area contributed by atoms with Gasteiger partial charge in [0.2, 0.25) is 0 Å². The minimum atomic E-state index is 0.676. The summed E-state index contributed by atoms with van der Waals surface area (Å²) in [5, 5.41) is 0. The SMILES string of the molecule is Cc1c(I)ccnc1N(C)C1CCCCCCC1. The van der Waals surface area contributed by atoms with E-state index in [1.54, 1.807) is 0 Å². The molecule has 0 aromatic carbocycles. The van der Waals surface area contributed by atoms with Crippen molar-refractivity contribution in [2.24, 2.45) is 0 Å². The summed E-state index contributed by atoms with van der Waals surface area (Å²) in [6.07, 6.45) is 11.6. The zero-order valence-corrected chi connectivity index (χ0v) is 13.6. The number of halogens is 1. The van der Waals surface area contributed by atoms with Gasteiger partial charge in [-0.1, -0.05) is 32.1 Å². The van der Waals surface area contributed by atoms with E-state index in [2.05, 4.69) is 52.5 Å². The number of aromatic nitrogens is 1. The average molecular weight is 358 g/mol. The van der Waals surface area contributed by atoms with Gasteiger partial charge in [-0.3, -0.25) is 0 Å². The van der Waals surface area contributed by atoms with Crippen LogP contribution in [0.3, 0.4) is 0 Å². The molecule has 2 nitrogen and oxygen atoms in total. The summed E-state index contributed by atoms with van der Waals surface area (Å²) < 4.78 is 1.32. The van der Waals surface area contributed by atoms with Crippen LogP contribution in [0.4, 0.5) is 5.82 Å². The number of hydrogen-bond acceptors (Lipinski definition) is 2. The van der Waals surface area contributed by atoms with Crippen molar-refractivity contribution in [1.82, 2.24) is 4.98 Å². The number of hydrogen-bond donors (Lipinski definition) is 0. The summed E-state index contributed by atoms with van der Waals surface area (Å²) in [5.41, 5.74) is 1.32. The highest BCUT2D eigenvalue weighted by atomic mass is 127. The fourth-order valence-corrected chi connectivity index (χ4v) is 3.25. The summed E-state index contributed by atoms with van der Waals surface area (Å²) in [6, 6.07) is 2.76. The van der Waals surface area contributed by atoms with Gasteiger partial charge in [0.05, 0.1) is 0 Å². The lowest BCUT2D eigenvalue weighted by molar-refractivity contribution is 0.439. The molecule has 1 fully saturated rings. The van der Waals surface area contributed by atoms with E-state index in [-0.39, 0.29) is 0 Å². The maximum atomic E-state index is 4.59. The molecule has 3 heteroatoms. The molecular weight excluding hydrogens is 335 g/mol. The van der Waals surface area contributed by atoms with Crippen LogP contribution in [0.1, 0.15) is 50.5 Å². The first-order valence-corrected chi connectivity index (χ1v) is 8.12. The highest BCUT2D eigenvalue weighted by Gasteiger charge is 2.19. The van der Waals surface area contributed by atoms with E-state index in [0.29, 0.717) is 6.04 Å². The summed E-state index contributed by atoms with van der Waals surface area (Å²) >= 11 is 2.40. The van der Waals surface area contributed by atoms with Crippen LogP contribution in [0.2, 0.25) is 0 Å². The number of rotatable bonds is 2. The van der Waals surface area contributed by atoms with E-state index < -0.39 is 0 Å². The van der Waals surface area contributed by atoms with Crippen LogP contribution in [0.15, 0.2) is 12.3 Å². The molecular formula is C15H23IN2. The van der Waals surface area contributed by atoms with Crippen molar-refractivity contribution in [2.75, 3.05) is 11.9 Å². The Morgan fingerprint density at radius 3 is 2.44 bits per heavy atom. The molecule has 1 heterocycles. The topological polar surface area (TPSA) is 16.1 Å². The van der Waals surface area contributed by atoms with Crippen molar-refractivity contribution in [1.29, 1.82) is 0 Å². The van der Waals surface area contributed by atoms with E-state index in [0.717, 1.165) is 0 Å². The molecule has 0 bridgehead atoms. The molecule has 0 aliphatic heterocycles. The molecule has 0 spiro atoms. The second kappa shape index (κ2) is 6.73. The standard InChI is InChI=1S/C15H23IN2/c1-12-14(16)10-11-17-15(12)18(2)13-8-6-4-3-5-7-9-13/h10-11,13H,3-9H2,1-2H3. The highest BCUT2D eigenvalue weighted by molar-refractivity contribution is 14.1. The predicted octanol–water partition coefficient (Wildman–Crippen LogP) is 4.54. The summed E-state index contributed by atoms with van der Waals surface area (Å²) in [6.45, 7) is 2.18. The molecule has 0 N–H and O–H groups in total. The largest absolute Gasteiger partial charge is 0.356 e. The number of nitrogens with zero attached hydrogens (tertiary/aromatic N) is 2. The lowest BCUT2D eigenvalue weighted by Gasteiger charge is -2.31. The minimum Gasteiger partial charge on any atom is -0.356 e. The summed E-state index contributed by atoms with van der Waals surface area (Å²) in [4.78, 5) is 7.01. The second-order valence-electron chi connectivity index (χ2n) is 5.35. The first-order chi connectivity index (χ1) is 8.70. The third-order valence-electron chi connectivity index (χ3n) is 4.07. The molecule has 1 aliphatic carbocycles. The molecule has 1 aromatic heterocycles. The molecule has 0 saturated heterocycles. The Morgan fingerprint density at radius 1 is 1.17 bits per heavy atom. The highest BCUT2D eigenvalue weighted by Crippen LogP contribution is 2.27. The molecule has 0 amide bonds. The van der Waals surface area contributed by atoms with Crippen molar-refractivity contribution in [3.8, 4) is 0 Å². The zero-order chi connectivity index (χ0) is 13.0. The van der Waals surface area contributed by atoms with Gasteiger partial charge in [-0.05, 0) is 48.4 Å². The van der Waals surface area contributed by atoms with Gasteiger partial charge in [-0.25, -0.2) is 4.98 Å². The van der Waals surface area contributed by atoms with Crippen LogP contribution in [0, 0.1) is 10.5 Å². The van der Waals surface area contributed by atoms with Crippen LogP contribution in [0.5, 0.6) is 0 Å². The first kappa shape index (κ1) is 14.1. The Hall–Kier alpha value is -0.320. The van der Waals surface area contributed by atoms with Crippen molar-refractivity contribution >= 4 is 28.4 Å². The molecule has 0 atom stereocenters. The molecule has 100 valence electrons. The maximum absolute atomic E-state index is 4.59. The monoisotopic (exact) mass is 358 g/mol. The Balaban J connectivity index is 2.13. The van der Waals surface area contributed by atoms with Gasteiger partial charge in [0, 0.05) is 28.4 Å². The molecule has 0 radical (unpaired) electrons. The lowest BCUT2D eigenvalue weighted by Crippen LogP contribution is -2.33. The van der Waals surface area contributed by atoms with Gasteiger partial charge in [0.25, 0.3) is 0 Å². The third-order valence-corrected chi connectivity index (χ3v) is 5.24. The Bertz CT molecular complexity index is 384. The lowest BCUT2D eigenvalue weighted by atomic mass is 9.95. The predicted molar refractivity (Wildman–Crippen MR) is 86.2 cm³/mol. The Labute approximate surface area is 124 Å². The first-order valence-electron chi connectivity index (χ1n) is 7.04. The third kappa shape index (κ3) is 3.37. The van der Waals surface area contributed by atoms with Crippen LogP contribution < -0.4 is 4.90 Å². The molecule has 18 heavy (non-hydrogen) atoms. The molecule has 2 rings (SSSR count). The van der Waals surface area contributed by atoms with E-state index in [1.165, 1.54) is 59.9 Å². The van der Waals surface area contributed by atoms with Gasteiger partial charge in [0.1, 0.15) is 5.82 Å².